The van der Waals surface area contributed by atoms with Crippen molar-refractivity contribution >= 4 is 0 Å². The molecular weight excluding hydrogens is 368 g/mol. The normalized spacial score (nSPS) is 49.8. The number of aliphatic hydroxyl groups excluding tert-OH is 2. The van der Waals surface area contributed by atoms with Crippen molar-refractivity contribution in [2.45, 2.75) is 124 Å². The van der Waals surface area contributed by atoms with E-state index in [0.29, 0.717) is 11.3 Å². The Morgan fingerprint density at radius 1 is 0.833 bits per heavy atom. The van der Waals surface area contributed by atoms with E-state index in [1.807, 2.05) is 0 Å². The second kappa shape index (κ2) is 8.69. The van der Waals surface area contributed by atoms with Gasteiger partial charge in [0.05, 0.1) is 12.2 Å². The van der Waals surface area contributed by atoms with Crippen molar-refractivity contribution in [1.82, 2.24) is 0 Å². The van der Waals surface area contributed by atoms with Gasteiger partial charge in [0, 0.05) is 0 Å². The maximum Gasteiger partial charge on any atom is 0.0804 e. The van der Waals surface area contributed by atoms with Gasteiger partial charge in [0.15, 0.2) is 0 Å². The van der Waals surface area contributed by atoms with E-state index in [4.69, 9.17) is 0 Å². The van der Waals surface area contributed by atoms with Gasteiger partial charge in [-0.15, -0.1) is 0 Å². The van der Waals surface area contributed by atoms with Crippen LogP contribution in [0.25, 0.3) is 0 Å². The molecule has 2 N–H and O–H groups in total. The zero-order valence-corrected chi connectivity index (χ0v) is 20.6. The molecule has 4 aliphatic carbocycles. The van der Waals surface area contributed by atoms with Crippen molar-refractivity contribution < 1.29 is 10.2 Å². The van der Waals surface area contributed by atoms with Gasteiger partial charge in [-0.1, -0.05) is 60.3 Å². The highest BCUT2D eigenvalue weighted by atomic mass is 16.3. The molecule has 174 valence electrons. The number of hydrogen-bond donors (Lipinski definition) is 2. The lowest BCUT2D eigenvalue weighted by Gasteiger charge is -2.57. The van der Waals surface area contributed by atoms with Crippen LogP contribution in [-0.2, 0) is 0 Å². The Bertz CT molecular complexity index is 587. The van der Waals surface area contributed by atoms with Crippen LogP contribution in [0.1, 0.15) is 112 Å². The van der Waals surface area contributed by atoms with E-state index < -0.39 is 12.2 Å². The van der Waals surface area contributed by atoms with E-state index in [9.17, 15) is 10.2 Å². The lowest BCUT2D eigenvalue weighted by atomic mass is 9.48. The van der Waals surface area contributed by atoms with Crippen LogP contribution in [0.4, 0.5) is 0 Å². The molecule has 4 rings (SSSR count). The molecule has 0 heterocycles. The Balaban J connectivity index is 1.51. The first-order valence-electron chi connectivity index (χ1n) is 13.5. The van der Waals surface area contributed by atoms with E-state index in [1.54, 1.807) is 0 Å². The second-order valence-electron chi connectivity index (χ2n) is 13.1. The molecule has 0 saturated heterocycles. The summed E-state index contributed by atoms with van der Waals surface area (Å²) in [5.41, 5.74) is 0.781. The highest BCUT2D eigenvalue weighted by molar-refractivity contribution is 5.09. The van der Waals surface area contributed by atoms with Crippen LogP contribution in [0.5, 0.6) is 0 Å². The molecule has 2 heteroatoms. The molecule has 0 aromatic rings. The summed E-state index contributed by atoms with van der Waals surface area (Å²) in [6.07, 6.45) is 14.6. The predicted molar refractivity (Wildman–Crippen MR) is 125 cm³/mol. The molecule has 30 heavy (non-hydrogen) atoms. The molecule has 0 bridgehead atoms. The summed E-state index contributed by atoms with van der Waals surface area (Å²) in [7, 11) is 0. The Morgan fingerprint density at radius 2 is 1.57 bits per heavy atom. The summed E-state index contributed by atoms with van der Waals surface area (Å²) in [5.74, 6) is 5.76. The Hall–Kier alpha value is -0.0800. The van der Waals surface area contributed by atoms with Crippen molar-refractivity contribution in [2.75, 3.05) is 0 Å². The van der Waals surface area contributed by atoms with Crippen molar-refractivity contribution in [3.05, 3.63) is 0 Å². The molecule has 0 aromatic heterocycles. The molecule has 0 aromatic carbocycles. The van der Waals surface area contributed by atoms with Crippen molar-refractivity contribution in [3.63, 3.8) is 0 Å². The van der Waals surface area contributed by atoms with Gasteiger partial charge in [-0.25, -0.2) is 0 Å². The van der Waals surface area contributed by atoms with Gasteiger partial charge in [-0.2, -0.15) is 0 Å². The summed E-state index contributed by atoms with van der Waals surface area (Å²) in [6.45, 7) is 12.5. The van der Waals surface area contributed by atoms with Crippen LogP contribution in [0.2, 0.25) is 0 Å². The minimum Gasteiger partial charge on any atom is -0.390 e. The second-order valence-corrected chi connectivity index (χ2v) is 13.1. The van der Waals surface area contributed by atoms with Gasteiger partial charge < -0.3 is 10.2 Å². The number of rotatable bonds is 5. The van der Waals surface area contributed by atoms with E-state index in [2.05, 4.69) is 34.6 Å². The molecule has 4 fully saturated rings. The third-order valence-corrected chi connectivity index (χ3v) is 11.1. The molecule has 0 spiro atoms. The Kier molecular flexibility index (Phi) is 6.69. The maximum atomic E-state index is 10.6. The molecular formula is C28H50O2. The number of aliphatic hydroxyl groups is 2. The lowest BCUT2D eigenvalue weighted by Crippen LogP contribution is -2.53. The molecule has 0 amide bonds. The zero-order chi connectivity index (χ0) is 21.7. The van der Waals surface area contributed by atoms with E-state index in [1.165, 1.54) is 64.2 Å². The molecule has 0 aliphatic heterocycles. The number of fused-ring (bicyclic) bond motifs is 5. The highest BCUT2D eigenvalue weighted by Crippen LogP contribution is 2.67. The monoisotopic (exact) mass is 418 g/mol. The largest absolute Gasteiger partial charge is 0.390 e. The minimum atomic E-state index is -0.504. The zero-order valence-electron chi connectivity index (χ0n) is 20.6. The van der Waals surface area contributed by atoms with Gasteiger partial charge >= 0.3 is 0 Å². The highest BCUT2D eigenvalue weighted by Gasteiger charge is 2.60. The third kappa shape index (κ3) is 3.91. The van der Waals surface area contributed by atoms with Crippen LogP contribution < -0.4 is 0 Å². The molecule has 10 atom stereocenters. The molecule has 0 unspecified atom stereocenters. The quantitative estimate of drug-likeness (QED) is 0.513. The minimum absolute atomic E-state index is 0.238. The van der Waals surface area contributed by atoms with Crippen LogP contribution in [0, 0.1) is 52.3 Å². The van der Waals surface area contributed by atoms with Crippen molar-refractivity contribution in [3.8, 4) is 0 Å². The van der Waals surface area contributed by atoms with Gasteiger partial charge in [-0.3, -0.25) is 0 Å². The SMILES string of the molecule is CC(C)CCC[C@@H](C)[C@H]1CC[C@H]2[C@@H]3CCC[C@H]4C[C@H](O)[C@H](O)C[C@]4(C)[C@H]3CC[C@]12C. The van der Waals surface area contributed by atoms with Gasteiger partial charge in [0.2, 0.25) is 0 Å². The van der Waals surface area contributed by atoms with E-state index in [0.717, 1.165) is 48.3 Å². The Labute approximate surface area is 186 Å². The average molecular weight is 419 g/mol. The van der Waals surface area contributed by atoms with Crippen molar-refractivity contribution in [2.24, 2.45) is 52.3 Å². The van der Waals surface area contributed by atoms with Gasteiger partial charge in [0.1, 0.15) is 0 Å². The van der Waals surface area contributed by atoms with Crippen LogP contribution in [-0.4, -0.2) is 22.4 Å². The number of hydrogen-bond acceptors (Lipinski definition) is 2. The fourth-order valence-corrected chi connectivity index (χ4v) is 9.51. The summed E-state index contributed by atoms with van der Waals surface area (Å²) >= 11 is 0. The van der Waals surface area contributed by atoms with E-state index in [-0.39, 0.29) is 5.41 Å². The van der Waals surface area contributed by atoms with Crippen LogP contribution >= 0.6 is 0 Å². The fourth-order valence-electron chi connectivity index (χ4n) is 9.51. The van der Waals surface area contributed by atoms with Crippen LogP contribution in [0.15, 0.2) is 0 Å². The third-order valence-electron chi connectivity index (χ3n) is 11.1. The molecule has 2 nitrogen and oxygen atoms in total. The summed E-state index contributed by atoms with van der Waals surface area (Å²) in [4.78, 5) is 0. The van der Waals surface area contributed by atoms with Crippen LogP contribution in [0.3, 0.4) is 0 Å². The first-order chi connectivity index (χ1) is 14.2. The van der Waals surface area contributed by atoms with Crippen molar-refractivity contribution in [1.29, 1.82) is 0 Å². The first kappa shape index (κ1) is 23.1. The predicted octanol–water partition coefficient (Wildman–Crippen LogP) is 6.83. The summed E-state index contributed by atoms with van der Waals surface area (Å²) in [6, 6.07) is 0. The molecule has 4 saturated carbocycles. The van der Waals surface area contributed by atoms with Gasteiger partial charge in [-0.05, 0) is 104 Å². The topological polar surface area (TPSA) is 40.5 Å². The lowest BCUT2D eigenvalue weighted by molar-refractivity contribution is -0.129. The summed E-state index contributed by atoms with van der Waals surface area (Å²) < 4.78 is 0. The summed E-state index contributed by atoms with van der Waals surface area (Å²) in [5, 5.41) is 20.9. The van der Waals surface area contributed by atoms with Gasteiger partial charge in [0.25, 0.3) is 0 Å². The molecule has 0 radical (unpaired) electrons. The Morgan fingerprint density at radius 3 is 2.30 bits per heavy atom. The standard InChI is InChI=1S/C28H50O2/c1-18(2)8-6-9-19(3)22-12-13-23-21-11-7-10-20-16-25(29)26(30)17-28(20,5)24(21)14-15-27(22,23)4/h18-26,29-30H,6-17H2,1-5H3/t19-,20+,21+,22-,23+,24+,25+,26-,27-,28+/m1/s1. The fraction of sp³-hybridized carbons (Fsp3) is 1.00. The smallest absolute Gasteiger partial charge is 0.0804 e. The van der Waals surface area contributed by atoms with E-state index >= 15 is 0 Å². The average Bonchev–Trinajstić information content (AvgIpc) is 2.96. The first-order valence-corrected chi connectivity index (χ1v) is 13.5. The maximum absolute atomic E-state index is 10.6. The molecule has 4 aliphatic rings.